The molecule has 0 aromatic carbocycles. The normalized spacial score (nSPS) is 27.8. The maximum absolute atomic E-state index is 13.1. The monoisotopic (exact) mass is 1360 g/mol. The Hall–Kier alpha value is -7.24. The second kappa shape index (κ2) is 39.6. The van der Waals surface area contributed by atoms with Crippen molar-refractivity contribution in [3.63, 3.8) is 0 Å². The van der Waals surface area contributed by atoms with Gasteiger partial charge in [-0.15, -0.1) is 0 Å². The number of unbranched alkanes of at least 4 members (excludes halogenated alkanes) is 1. The molecule has 0 radical (unpaired) electrons. The molecule has 20 atom stereocenters. The zero-order valence-corrected chi connectivity index (χ0v) is 51.1. The number of nitrogens with two attached hydrogens (primary N) is 3. The van der Waals surface area contributed by atoms with Gasteiger partial charge in [0.15, 0.2) is 18.5 Å². The van der Waals surface area contributed by atoms with E-state index in [0.29, 0.717) is 12.8 Å². The predicted molar refractivity (Wildman–Crippen MR) is 308 cm³/mol. The molecule has 536 valence electrons. The number of nitrogens with zero attached hydrogens (tertiary/aromatic N) is 1. The predicted octanol–water partition coefficient (Wildman–Crippen LogP) is -13.4. The number of nitrogens with one attached hydrogen (secondary N) is 8. The fourth-order valence-electron chi connectivity index (χ4n) is 9.76. The van der Waals surface area contributed by atoms with Crippen LogP contribution in [-0.2, 0) is 81.2 Å². The summed E-state index contributed by atoms with van der Waals surface area (Å²) in [5.74, 6) is -15.6. The molecule has 3 saturated heterocycles. The molecule has 42 heteroatoms. The molecule has 3 aliphatic rings. The molecule has 0 aromatic rings. The van der Waals surface area contributed by atoms with E-state index in [2.05, 4.69) is 36.9 Å². The highest BCUT2D eigenvalue weighted by molar-refractivity contribution is 5.95. The van der Waals surface area contributed by atoms with Crippen molar-refractivity contribution in [1.82, 2.24) is 42.5 Å². The van der Waals surface area contributed by atoms with Crippen LogP contribution in [0.15, 0.2) is 4.99 Å². The molecule has 0 aromatic heterocycles. The molecular formula is C52H88N12O30. The Balaban J connectivity index is 1.53. The number of carbonyl (C=O) groups excluding carboxylic acids is 8. The van der Waals surface area contributed by atoms with E-state index in [1.165, 1.54) is 0 Å². The number of ether oxygens (including phenoxy) is 6. The minimum absolute atomic E-state index is 0.00315. The van der Waals surface area contributed by atoms with Crippen LogP contribution in [0.2, 0.25) is 0 Å². The van der Waals surface area contributed by atoms with Crippen molar-refractivity contribution in [2.75, 3.05) is 59.2 Å². The molecular weight excluding hydrogens is 1270 g/mol. The van der Waals surface area contributed by atoms with E-state index in [4.69, 9.17) is 50.7 Å². The van der Waals surface area contributed by atoms with Crippen LogP contribution in [0.4, 0.5) is 0 Å². The number of hydrogen-bond donors (Lipinski definition) is 24. The SMILES string of the molecule is CC(=O)N[C@H]1[C@H](OCCCC(=O)NCCCC[C@H](N)C(=O)NCC(=O)N[C@@H](CCCN=C(N)N)C(=O)NCC(=O)N[C@@H](CC(=O)O)C(=O)N[C@@H](CO)C(=O)O)O[C@H](CO)[C@@H](O[C@@H]2O[C@H](CO)[C@H](O)[C@H](O[C@]3(C(=O)O)C[C@H](O)[C@@H](NC(C)=O)[C@H]([C@H](O)[C@H](O)CO)O3)[C@H]2O)[C@@H]1O. The van der Waals surface area contributed by atoms with Gasteiger partial charge in [0.05, 0.1) is 70.7 Å². The summed E-state index contributed by atoms with van der Waals surface area (Å²) in [4.78, 5) is 140. The lowest BCUT2D eigenvalue weighted by Gasteiger charge is -2.51. The first kappa shape index (κ1) is 81.0. The molecule has 94 heavy (non-hydrogen) atoms. The maximum Gasteiger partial charge on any atom is 0.364 e. The average molecular weight is 1360 g/mol. The van der Waals surface area contributed by atoms with Gasteiger partial charge in [-0.05, 0) is 38.5 Å². The van der Waals surface area contributed by atoms with E-state index in [0.717, 1.165) is 13.8 Å². The zero-order chi connectivity index (χ0) is 70.7. The number of guanidine groups is 1. The van der Waals surface area contributed by atoms with Crippen LogP contribution in [0, 0.1) is 0 Å². The topological polar surface area (TPSA) is 693 Å². The quantitative estimate of drug-likeness (QED) is 0.0154. The van der Waals surface area contributed by atoms with Crippen LogP contribution in [0.25, 0.3) is 0 Å². The van der Waals surface area contributed by atoms with Gasteiger partial charge < -0.3 is 155 Å². The highest BCUT2D eigenvalue weighted by Gasteiger charge is 2.60. The number of rotatable bonds is 40. The van der Waals surface area contributed by atoms with Gasteiger partial charge in [-0.3, -0.25) is 48.1 Å². The van der Waals surface area contributed by atoms with E-state index < -0.39 is 239 Å². The van der Waals surface area contributed by atoms with Crippen molar-refractivity contribution in [2.45, 2.75) is 193 Å². The second-order valence-electron chi connectivity index (χ2n) is 21.9. The van der Waals surface area contributed by atoms with Crippen molar-refractivity contribution in [3.05, 3.63) is 0 Å². The van der Waals surface area contributed by atoms with Crippen molar-refractivity contribution in [3.8, 4) is 0 Å². The van der Waals surface area contributed by atoms with Crippen LogP contribution < -0.4 is 59.7 Å². The Bertz CT molecular complexity index is 2580. The summed E-state index contributed by atoms with van der Waals surface area (Å²) in [6.45, 7) is -3.78. The Morgan fingerprint density at radius 2 is 1.26 bits per heavy atom. The van der Waals surface area contributed by atoms with Gasteiger partial charge in [-0.25, -0.2) is 9.59 Å². The Kier molecular flexibility index (Phi) is 34.1. The lowest BCUT2D eigenvalue weighted by atomic mass is 9.88. The van der Waals surface area contributed by atoms with Gasteiger partial charge in [-0.1, -0.05) is 0 Å². The molecule has 42 nitrogen and oxygen atoms in total. The third-order valence-corrected chi connectivity index (χ3v) is 14.6. The van der Waals surface area contributed by atoms with Gasteiger partial charge in [0.2, 0.25) is 47.3 Å². The third-order valence-electron chi connectivity index (χ3n) is 14.6. The summed E-state index contributed by atoms with van der Waals surface area (Å²) in [7, 11) is 0. The minimum atomic E-state index is -3.13. The molecule has 0 spiro atoms. The van der Waals surface area contributed by atoms with Crippen molar-refractivity contribution >= 4 is 71.1 Å². The number of carbonyl (C=O) groups is 11. The first-order valence-electron chi connectivity index (χ1n) is 29.4. The summed E-state index contributed by atoms with van der Waals surface area (Å²) in [6.07, 6.45) is -27.1. The summed E-state index contributed by atoms with van der Waals surface area (Å²) >= 11 is 0. The maximum atomic E-state index is 13.1. The summed E-state index contributed by atoms with van der Waals surface area (Å²) in [6, 6.07) is -9.31. The van der Waals surface area contributed by atoms with Crippen LogP contribution >= 0.6 is 0 Å². The number of aliphatic carboxylic acids is 3. The first-order chi connectivity index (χ1) is 44.2. The molecule has 0 bridgehead atoms. The molecule has 3 fully saturated rings. The number of carboxylic acid groups (broad SMARTS) is 3. The highest BCUT2D eigenvalue weighted by atomic mass is 16.8. The number of aliphatic hydroxyl groups is 10. The summed E-state index contributed by atoms with van der Waals surface area (Å²) < 4.78 is 34.4. The van der Waals surface area contributed by atoms with Gasteiger partial charge in [0.1, 0.15) is 85.2 Å². The molecule has 3 aliphatic heterocycles. The summed E-state index contributed by atoms with van der Waals surface area (Å²) in [5.41, 5.74) is 16.7. The van der Waals surface area contributed by atoms with Gasteiger partial charge in [-0.2, -0.15) is 0 Å². The van der Waals surface area contributed by atoms with Crippen molar-refractivity contribution < 1.29 is 148 Å². The Morgan fingerprint density at radius 3 is 1.82 bits per heavy atom. The Labute approximate surface area is 534 Å². The molecule has 0 aliphatic carbocycles. The minimum Gasteiger partial charge on any atom is -0.481 e. The fourth-order valence-corrected chi connectivity index (χ4v) is 9.76. The van der Waals surface area contributed by atoms with E-state index in [1.54, 1.807) is 0 Å². The molecule has 3 rings (SSSR count). The zero-order valence-electron chi connectivity index (χ0n) is 51.1. The smallest absolute Gasteiger partial charge is 0.364 e. The van der Waals surface area contributed by atoms with Gasteiger partial charge in [0.25, 0.3) is 5.79 Å². The molecule has 8 amide bonds. The number of amides is 8. The molecule has 3 heterocycles. The standard InChI is InChI=1S/C52H88N12O30/c1-21(69)60-35-27(71)14-52(50(87)88,93-42(35)37(78)28(72)18-66)94-43-38(79)29(19-67)90-49(40(43)81)92-41-30(20-68)91-48(36(39(41)80)61-22(2)70)89-12-6-9-31(73)56-10-4-3-7-23(53)44(82)58-15-32(74)62-24(8-5-11-57-51(54)55)45(83)59-16-33(75)63-25(13-34(76)77)46(84)64-26(17-65)47(85)86/h23-30,35-43,48-49,65-68,71-72,78-81H,3-20,53H2,1-2H3,(H,56,73)(H,58,82)(H,59,83)(H,60,69)(H,61,70)(H,62,74)(H,63,75)(H,64,84)(H,76,77)(H,85,86)(H,87,88)(H4,54,55,57)/t23-,24-,25-,26-,27-,28+,29+,30+,35+,36+,37+,38-,39+,40+,41+,42+,43-,48+,49-,52-/m0/s1. The van der Waals surface area contributed by atoms with Crippen LogP contribution in [0.5, 0.6) is 0 Å². The fraction of sp³-hybridized carbons (Fsp3) is 0.769. The van der Waals surface area contributed by atoms with Crippen LogP contribution in [-0.4, -0.2) is 318 Å². The van der Waals surface area contributed by atoms with Crippen LogP contribution in [0.3, 0.4) is 0 Å². The van der Waals surface area contributed by atoms with Gasteiger partial charge >= 0.3 is 17.9 Å². The van der Waals surface area contributed by atoms with Crippen molar-refractivity contribution in [2.24, 2.45) is 22.2 Å². The van der Waals surface area contributed by atoms with Crippen molar-refractivity contribution in [1.29, 1.82) is 0 Å². The Morgan fingerprint density at radius 1 is 0.649 bits per heavy atom. The largest absolute Gasteiger partial charge is 0.481 e. The summed E-state index contributed by atoms with van der Waals surface area (Å²) in [5, 5.41) is 153. The highest BCUT2D eigenvalue weighted by Crippen LogP contribution is 2.38. The molecule has 27 N–H and O–H groups in total. The lowest BCUT2D eigenvalue weighted by Crippen LogP contribution is -2.71. The van der Waals surface area contributed by atoms with E-state index >= 15 is 0 Å². The van der Waals surface area contributed by atoms with Gasteiger partial charge in [0, 0.05) is 39.8 Å². The molecule has 0 saturated carbocycles. The van der Waals surface area contributed by atoms with E-state index in [9.17, 15) is 114 Å². The average Bonchev–Trinajstić information content (AvgIpc) is 0.891. The number of aliphatic hydroxyl groups excluding tert-OH is 10. The first-order valence-corrected chi connectivity index (χ1v) is 29.4. The lowest BCUT2D eigenvalue weighted by molar-refractivity contribution is -0.382. The number of hydrogen-bond acceptors (Lipinski definition) is 29. The van der Waals surface area contributed by atoms with E-state index in [-0.39, 0.29) is 57.8 Å². The van der Waals surface area contributed by atoms with Crippen LogP contribution in [0.1, 0.15) is 71.6 Å². The number of carboxylic acids is 3. The number of aliphatic imine (C=N–C) groups is 1. The molecule has 0 unspecified atom stereocenters. The van der Waals surface area contributed by atoms with E-state index in [1.807, 2.05) is 10.6 Å². The third kappa shape index (κ3) is 25.2. The second-order valence-corrected chi connectivity index (χ2v) is 21.9.